The SMILES string of the molecule is C[C@@H](NC(=O)c1cc(Cl)sc1Cl)C(=O)N1CCOCC1. The van der Waals surface area contributed by atoms with E-state index < -0.39 is 11.9 Å². The van der Waals surface area contributed by atoms with Crippen LogP contribution in [0, 0.1) is 0 Å². The van der Waals surface area contributed by atoms with E-state index in [1.807, 2.05) is 0 Å². The summed E-state index contributed by atoms with van der Waals surface area (Å²) in [5, 5.41) is 2.64. The number of thiophene rings is 1. The van der Waals surface area contributed by atoms with E-state index in [4.69, 9.17) is 27.9 Å². The van der Waals surface area contributed by atoms with Gasteiger partial charge in [0, 0.05) is 13.1 Å². The van der Waals surface area contributed by atoms with E-state index in [1.165, 1.54) is 6.07 Å². The van der Waals surface area contributed by atoms with Gasteiger partial charge >= 0.3 is 0 Å². The normalized spacial score (nSPS) is 16.9. The third-order valence-electron chi connectivity index (χ3n) is 2.94. The van der Waals surface area contributed by atoms with Crippen molar-refractivity contribution in [3.05, 3.63) is 20.3 Å². The minimum atomic E-state index is -0.615. The number of hydrogen-bond donors (Lipinski definition) is 1. The van der Waals surface area contributed by atoms with Crippen LogP contribution in [0.1, 0.15) is 17.3 Å². The summed E-state index contributed by atoms with van der Waals surface area (Å²) < 4.78 is 5.94. The Kier molecular flexibility index (Phi) is 5.26. The highest BCUT2D eigenvalue weighted by Crippen LogP contribution is 2.31. The molecular weight excluding hydrogens is 323 g/mol. The van der Waals surface area contributed by atoms with Gasteiger partial charge in [-0.1, -0.05) is 23.2 Å². The average molecular weight is 337 g/mol. The second-order valence-corrected chi connectivity index (χ2v) is 6.66. The van der Waals surface area contributed by atoms with Crippen LogP contribution in [0.5, 0.6) is 0 Å². The number of nitrogens with one attached hydrogen (secondary N) is 1. The molecule has 20 heavy (non-hydrogen) atoms. The highest BCUT2D eigenvalue weighted by molar-refractivity contribution is 7.20. The fraction of sp³-hybridized carbons (Fsp3) is 0.500. The van der Waals surface area contributed by atoms with E-state index in [0.29, 0.717) is 40.5 Å². The summed E-state index contributed by atoms with van der Waals surface area (Å²) in [6.45, 7) is 3.79. The van der Waals surface area contributed by atoms with Gasteiger partial charge in [0.15, 0.2) is 0 Å². The molecule has 0 bridgehead atoms. The van der Waals surface area contributed by atoms with Crippen molar-refractivity contribution in [2.45, 2.75) is 13.0 Å². The minimum Gasteiger partial charge on any atom is -0.378 e. The summed E-state index contributed by atoms with van der Waals surface area (Å²) in [6.07, 6.45) is 0. The van der Waals surface area contributed by atoms with Gasteiger partial charge in [-0.2, -0.15) is 0 Å². The van der Waals surface area contributed by atoms with Crippen LogP contribution in [0.4, 0.5) is 0 Å². The standard InChI is InChI=1S/C12H14Cl2N2O3S/c1-7(12(18)16-2-4-19-5-3-16)15-11(17)8-6-9(13)20-10(8)14/h6-7H,2-5H2,1H3,(H,15,17)/t7-/m1/s1. The molecule has 1 aliphatic rings. The third-order valence-corrected chi connectivity index (χ3v) is 4.43. The van der Waals surface area contributed by atoms with Gasteiger partial charge in [-0.3, -0.25) is 9.59 Å². The Morgan fingerprint density at radius 1 is 1.40 bits per heavy atom. The van der Waals surface area contributed by atoms with E-state index in [-0.39, 0.29) is 5.91 Å². The Labute approximate surface area is 130 Å². The van der Waals surface area contributed by atoms with Gasteiger partial charge in [0.25, 0.3) is 5.91 Å². The molecule has 8 heteroatoms. The van der Waals surface area contributed by atoms with Gasteiger partial charge in [-0.25, -0.2) is 0 Å². The molecule has 0 aromatic carbocycles. The number of morpholine rings is 1. The van der Waals surface area contributed by atoms with Gasteiger partial charge in [-0.15, -0.1) is 11.3 Å². The van der Waals surface area contributed by atoms with Crippen molar-refractivity contribution in [2.75, 3.05) is 26.3 Å². The predicted molar refractivity (Wildman–Crippen MR) is 78.7 cm³/mol. The first-order valence-corrected chi connectivity index (χ1v) is 7.68. The fourth-order valence-electron chi connectivity index (χ4n) is 1.89. The second-order valence-electron chi connectivity index (χ2n) is 4.37. The highest BCUT2D eigenvalue weighted by Gasteiger charge is 2.25. The molecule has 1 atom stereocenters. The van der Waals surface area contributed by atoms with Crippen molar-refractivity contribution in [1.29, 1.82) is 0 Å². The molecule has 0 radical (unpaired) electrons. The van der Waals surface area contributed by atoms with Crippen molar-refractivity contribution in [3.8, 4) is 0 Å². The lowest BCUT2D eigenvalue weighted by Gasteiger charge is -2.29. The Morgan fingerprint density at radius 2 is 2.05 bits per heavy atom. The maximum atomic E-state index is 12.2. The molecule has 5 nitrogen and oxygen atoms in total. The van der Waals surface area contributed by atoms with Crippen molar-refractivity contribution < 1.29 is 14.3 Å². The van der Waals surface area contributed by atoms with Crippen LogP contribution < -0.4 is 5.32 Å². The van der Waals surface area contributed by atoms with Crippen molar-refractivity contribution >= 4 is 46.4 Å². The van der Waals surface area contributed by atoms with Crippen LogP contribution in [0.15, 0.2) is 6.07 Å². The molecule has 2 rings (SSSR count). The first kappa shape index (κ1) is 15.6. The summed E-state index contributed by atoms with van der Waals surface area (Å²) in [6, 6.07) is 0.880. The Morgan fingerprint density at radius 3 is 2.60 bits per heavy atom. The Bertz CT molecular complexity index is 515. The van der Waals surface area contributed by atoms with Crippen molar-refractivity contribution in [1.82, 2.24) is 10.2 Å². The van der Waals surface area contributed by atoms with Gasteiger partial charge in [0.05, 0.1) is 23.1 Å². The molecule has 1 aromatic rings. The number of halogens is 2. The number of nitrogens with zero attached hydrogens (tertiary/aromatic N) is 1. The molecule has 1 N–H and O–H groups in total. The van der Waals surface area contributed by atoms with Crippen molar-refractivity contribution in [2.24, 2.45) is 0 Å². The van der Waals surface area contributed by atoms with E-state index in [9.17, 15) is 9.59 Å². The molecule has 0 spiro atoms. The lowest BCUT2D eigenvalue weighted by atomic mass is 10.2. The molecular formula is C12H14Cl2N2O3S. The van der Waals surface area contributed by atoms with Gasteiger partial charge in [0.1, 0.15) is 10.4 Å². The van der Waals surface area contributed by atoms with Crippen molar-refractivity contribution in [3.63, 3.8) is 0 Å². The molecule has 0 unspecified atom stereocenters. The summed E-state index contributed by atoms with van der Waals surface area (Å²) in [4.78, 5) is 25.9. The van der Waals surface area contributed by atoms with E-state index in [2.05, 4.69) is 5.32 Å². The second kappa shape index (κ2) is 6.76. The molecule has 0 saturated carbocycles. The molecule has 0 aliphatic carbocycles. The summed E-state index contributed by atoms with van der Waals surface area (Å²) in [7, 11) is 0. The zero-order valence-corrected chi connectivity index (χ0v) is 13.1. The molecule has 1 saturated heterocycles. The highest BCUT2D eigenvalue weighted by atomic mass is 35.5. The zero-order valence-electron chi connectivity index (χ0n) is 10.8. The van der Waals surface area contributed by atoms with Crippen LogP contribution in [0.3, 0.4) is 0 Å². The Balaban J connectivity index is 1.96. The molecule has 1 aliphatic heterocycles. The first-order chi connectivity index (χ1) is 9.49. The zero-order chi connectivity index (χ0) is 14.7. The summed E-state index contributed by atoms with van der Waals surface area (Å²) in [5.74, 6) is -0.522. The van der Waals surface area contributed by atoms with E-state index >= 15 is 0 Å². The molecule has 2 amide bonds. The van der Waals surface area contributed by atoms with Gasteiger partial charge in [0.2, 0.25) is 5.91 Å². The topological polar surface area (TPSA) is 58.6 Å². The molecule has 1 fully saturated rings. The molecule has 110 valence electrons. The van der Waals surface area contributed by atoms with Crippen LogP contribution in [-0.4, -0.2) is 49.1 Å². The quantitative estimate of drug-likeness (QED) is 0.918. The van der Waals surface area contributed by atoms with Crippen LogP contribution >= 0.6 is 34.5 Å². The van der Waals surface area contributed by atoms with E-state index in [0.717, 1.165) is 11.3 Å². The molecule has 1 aromatic heterocycles. The monoisotopic (exact) mass is 336 g/mol. The van der Waals surface area contributed by atoms with Gasteiger partial charge in [-0.05, 0) is 13.0 Å². The number of ether oxygens (including phenoxy) is 1. The largest absolute Gasteiger partial charge is 0.378 e. The average Bonchev–Trinajstić information content (AvgIpc) is 2.78. The number of hydrogen-bond acceptors (Lipinski definition) is 4. The van der Waals surface area contributed by atoms with Crippen LogP contribution in [0.25, 0.3) is 0 Å². The number of carbonyl (C=O) groups is 2. The predicted octanol–water partition coefficient (Wildman–Crippen LogP) is 2.03. The van der Waals surface area contributed by atoms with Gasteiger partial charge < -0.3 is 15.0 Å². The maximum Gasteiger partial charge on any atom is 0.254 e. The maximum absolute atomic E-state index is 12.2. The minimum absolute atomic E-state index is 0.126. The van der Waals surface area contributed by atoms with E-state index in [1.54, 1.807) is 11.8 Å². The van der Waals surface area contributed by atoms with Crippen LogP contribution in [-0.2, 0) is 9.53 Å². The lowest BCUT2D eigenvalue weighted by Crippen LogP contribution is -2.50. The number of amides is 2. The Hall–Kier alpha value is -0.820. The number of carbonyl (C=O) groups excluding carboxylic acids is 2. The van der Waals surface area contributed by atoms with Crippen LogP contribution in [0.2, 0.25) is 8.67 Å². The fourth-order valence-corrected chi connectivity index (χ4v) is 3.35. The summed E-state index contributed by atoms with van der Waals surface area (Å²) in [5.41, 5.74) is 0.295. The lowest BCUT2D eigenvalue weighted by molar-refractivity contribution is -0.136. The molecule has 2 heterocycles. The smallest absolute Gasteiger partial charge is 0.254 e. The summed E-state index contributed by atoms with van der Waals surface area (Å²) >= 11 is 12.8. The first-order valence-electron chi connectivity index (χ1n) is 6.11. The third kappa shape index (κ3) is 3.63. The number of rotatable bonds is 3.